The summed E-state index contributed by atoms with van der Waals surface area (Å²) in [4.78, 5) is 13.8. The van der Waals surface area contributed by atoms with E-state index in [1.807, 2.05) is 12.1 Å². The highest BCUT2D eigenvalue weighted by atomic mass is 16.5. The van der Waals surface area contributed by atoms with E-state index >= 15 is 0 Å². The third kappa shape index (κ3) is 5.19. The van der Waals surface area contributed by atoms with E-state index in [1.54, 1.807) is 6.08 Å². The number of hydrogen-bond donors (Lipinski definition) is 2. The monoisotopic (exact) mass is 448 g/mol. The number of aliphatic hydroxyl groups is 2. The molecule has 0 radical (unpaired) electrons. The number of carbonyl (C=O) groups excluding carboxylic acids is 1. The topological polar surface area (TPSA) is 74.9 Å². The van der Waals surface area contributed by atoms with Crippen LogP contribution in [-0.2, 0) is 28.9 Å². The first-order valence-electron chi connectivity index (χ1n) is 11.6. The van der Waals surface area contributed by atoms with Crippen molar-refractivity contribution in [3.05, 3.63) is 77.0 Å². The molecule has 174 valence electrons. The van der Waals surface area contributed by atoms with Crippen molar-refractivity contribution in [3.8, 4) is 0 Å². The predicted molar refractivity (Wildman–Crippen MR) is 130 cm³/mol. The highest BCUT2D eigenvalue weighted by Crippen LogP contribution is 2.36. The van der Waals surface area contributed by atoms with Crippen molar-refractivity contribution in [2.45, 2.75) is 31.8 Å². The molecular formula is C27H32N2O4. The van der Waals surface area contributed by atoms with E-state index in [-0.39, 0.29) is 25.2 Å². The number of fused-ring (bicyclic) bond motifs is 2. The van der Waals surface area contributed by atoms with E-state index in [4.69, 9.17) is 0 Å². The Kier molecular flexibility index (Phi) is 7.60. The van der Waals surface area contributed by atoms with Gasteiger partial charge >= 0.3 is 5.97 Å². The number of aryl methyl sites for hydroxylation is 1. The standard InChI is InChI=1S/C27H32N2O4/c1-33-27(32)11-7-20-6-9-24-21(18-20)8-10-26(24)28(14-16-30)13-12-22-19-29(15-17-31)25-5-3-2-4-23(22)25/h2-7,9,11,18-19,26,30-31H,8,10,12-17H2,1H3/b11-7+. The first-order chi connectivity index (χ1) is 16.1. The number of nitrogens with zero attached hydrogens (tertiary/aromatic N) is 2. The number of ether oxygens (including phenoxy) is 1. The zero-order valence-corrected chi connectivity index (χ0v) is 19.1. The van der Waals surface area contributed by atoms with Crippen LogP contribution in [0.15, 0.2) is 54.7 Å². The van der Waals surface area contributed by atoms with Crippen molar-refractivity contribution in [2.24, 2.45) is 0 Å². The van der Waals surface area contributed by atoms with Crippen LogP contribution < -0.4 is 0 Å². The largest absolute Gasteiger partial charge is 0.466 e. The molecule has 33 heavy (non-hydrogen) atoms. The van der Waals surface area contributed by atoms with Crippen LogP contribution in [0.2, 0.25) is 0 Å². The highest BCUT2D eigenvalue weighted by Gasteiger charge is 2.27. The van der Waals surface area contributed by atoms with E-state index in [1.165, 1.54) is 35.3 Å². The highest BCUT2D eigenvalue weighted by molar-refractivity contribution is 5.87. The zero-order valence-electron chi connectivity index (χ0n) is 19.1. The Labute approximate surface area is 194 Å². The first-order valence-corrected chi connectivity index (χ1v) is 11.6. The number of benzene rings is 2. The number of esters is 1. The van der Waals surface area contributed by atoms with E-state index in [9.17, 15) is 15.0 Å². The number of methoxy groups -OCH3 is 1. The van der Waals surface area contributed by atoms with Gasteiger partial charge in [0.1, 0.15) is 0 Å². The SMILES string of the molecule is COC(=O)/C=C/c1ccc2c(c1)CCC2N(CCO)CCc1cn(CCO)c2ccccc12. The van der Waals surface area contributed by atoms with Crippen LogP contribution in [0.5, 0.6) is 0 Å². The quantitative estimate of drug-likeness (QED) is 0.368. The molecule has 6 heteroatoms. The predicted octanol–water partition coefficient (Wildman–Crippen LogP) is 3.34. The first kappa shape index (κ1) is 23.2. The fourth-order valence-corrected chi connectivity index (χ4v) is 4.96. The summed E-state index contributed by atoms with van der Waals surface area (Å²) < 4.78 is 6.80. The minimum Gasteiger partial charge on any atom is -0.466 e. The molecule has 1 unspecified atom stereocenters. The summed E-state index contributed by atoms with van der Waals surface area (Å²) in [5, 5.41) is 20.4. The van der Waals surface area contributed by atoms with Crippen molar-refractivity contribution in [1.82, 2.24) is 9.47 Å². The molecule has 4 rings (SSSR count). The fraction of sp³-hybridized carbons (Fsp3) is 0.370. The Morgan fingerprint density at radius 1 is 1.18 bits per heavy atom. The third-order valence-electron chi connectivity index (χ3n) is 6.53. The fourth-order valence-electron chi connectivity index (χ4n) is 4.96. The molecule has 0 fully saturated rings. The van der Waals surface area contributed by atoms with Gasteiger partial charge in [0.05, 0.1) is 20.3 Å². The van der Waals surface area contributed by atoms with Gasteiger partial charge in [-0.2, -0.15) is 0 Å². The van der Waals surface area contributed by atoms with Crippen molar-refractivity contribution in [2.75, 3.05) is 33.4 Å². The second-order valence-corrected chi connectivity index (χ2v) is 8.47. The molecule has 1 aromatic heterocycles. The lowest BCUT2D eigenvalue weighted by molar-refractivity contribution is -0.134. The summed E-state index contributed by atoms with van der Waals surface area (Å²) in [5.74, 6) is -0.358. The van der Waals surface area contributed by atoms with Crippen LogP contribution in [0.25, 0.3) is 17.0 Å². The van der Waals surface area contributed by atoms with Gasteiger partial charge in [0.2, 0.25) is 0 Å². The maximum Gasteiger partial charge on any atom is 0.330 e. The van der Waals surface area contributed by atoms with E-state index in [2.05, 4.69) is 50.7 Å². The summed E-state index contributed by atoms with van der Waals surface area (Å²) >= 11 is 0. The Morgan fingerprint density at radius 2 is 2.03 bits per heavy atom. The smallest absolute Gasteiger partial charge is 0.330 e. The number of aromatic nitrogens is 1. The van der Waals surface area contributed by atoms with Crippen LogP contribution >= 0.6 is 0 Å². The van der Waals surface area contributed by atoms with Gasteiger partial charge in [0, 0.05) is 48.9 Å². The van der Waals surface area contributed by atoms with Crippen LogP contribution in [0.4, 0.5) is 0 Å². The van der Waals surface area contributed by atoms with Gasteiger partial charge in [0.15, 0.2) is 0 Å². The summed E-state index contributed by atoms with van der Waals surface area (Å²) in [6, 6.07) is 14.9. The van der Waals surface area contributed by atoms with Crippen LogP contribution in [-0.4, -0.2) is 59.1 Å². The molecule has 6 nitrogen and oxygen atoms in total. The van der Waals surface area contributed by atoms with Crippen LogP contribution in [0.3, 0.4) is 0 Å². The maximum atomic E-state index is 11.4. The summed E-state index contributed by atoms with van der Waals surface area (Å²) in [6.45, 7) is 2.30. The minimum atomic E-state index is -0.358. The maximum absolute atomic E-state index is 11.4. The van der Waals surface area contributed by atoms with Gasteiger partial charge in [-0.1, -0.05) is 36.4 Å². The normalized spacial score (nSPS) is 15.6. The van der Waals surface area contributed by atoms with Gasteiger partial charge in [-0.15, -0.1) is 0 Å². The molecule has 1 atom stereocenters. The number of para-hydroxylation sites is 1. The van der Waals surface area contributed by atoms with Crippen molar-refractivity contribution < 1.29 is 19.7 Å². The molecule has 0 saturated carbocycles. The summed E-state index contributed by atoms with van der Waals surface area (Å²) in [6.07, 6.45) is 8.27. The van der Waals surface area contributed by atoms with Gasteiger partial charge in [-0.25, -0.2) is 4.79 Å². The average Bonchev–Trinajstić information content (AvgIpc) is 3.42. The van der Waals surface area contributed by atoms with Gasteiger partial charge < -0.3 is 19.5 Å². The molecule has 0 aliphatic heterocycles. The molecule has 0 saturated heterocycles. The lowest BCUT2D eigenvalue weighted by atomic mass is 10.0. The minimum absolute atomic E-state index is 0.115. The van der Waals surface area contributed by atoms with E-state index in [0.29, 0.717) is 13.1 Å². The molecule has 2 aromatic carbocycles. The Morgan fingerprint density at radius 3 is 2.82 bits per heavy atom. The molecule has 0 amide bonds. The molecule has 3 aromatic rings. The number of hydrogen-bond acceptors (Lipinski definition) is 5. The number of rotatable bonds is 10. The molecule has 0 spiro atoms. The Bertz CT molecular complexity index is 1130. The molecule has 1 heterocycles. The van der Waals surface area contributed by atoms with E-state index < -0.39 is 0 Å². The average molecular weight is 449 g/mol. The zero-order chi connectivity index (χ0) is 23.2. The second kappa shape index (κ2) is 10.8. The summed E-state index contributed by atoms with van der Waals surface area (Å²) in [7, 11) is 1.38. The Balaban J connectivity index is 1.51. The lowest BCUT2D eigenvalue weighted by Crippen LogP contribution is -2.32. The van der Waals surface area contributed by atoms with Crippen molar-refractivity contribution in [3.63, 3.8) is 0 Å². The molecule has 1 aliphatic carbocycles. The van der Waals surface area contributed by atoms with Crippen LogP contribution in [0, 0.1) is 0 Å². The lowest BCUT2D eigenvalue weighted by Gasteiger charge is -2.29. The summed E-state index contributed by atoms with van der Waals surface area (Å²) in [5.41, 5.74) is 6.01. The molecule has 2 N–H and O–H groups in total. The number of aliphatic hydroxyl groups excluding tert-OH is 2. The van der Waals surface area contributed by atoms with Gasteiger partial charge in [-0.3, -0.25) is 4.90 Å². The number of carbonyl (C=O) groups is 1. The van der Waals surface area contributed by atoms with Crippen molar-refractivity contribution in [1.29, 1.82) is 0 Å². The molecular weight excluding hydrogens is 416 g/mol. The molecule has 1 aliphatic rings. The van der Waals surface area contributed by atoms with Gasteiger partial charge in [-0.05, 0) is 53.7 Å². The second-order valence-electron chi connectivity index (χ2n) is 8.47. The Hall–Kier alpha value is -2.93. The van der Waals surface area contributed by atoms with Crippen LogP contribution in [0.1, 0.15) is 34.7 Å². The van der Waals surface area contributed by atoms with E-state index in [0.717, 1.165) is 36.9 Å². The molecule has 0 bridgehead atoms. The third-order valence-corrected chi connectivity index (χ3v) is 6.53. The van der Waals surface area contributed by atoms with Gasteiger partial charge in [0.25, 0.3) is 0 Å². The van der Waals surface area contributed by atoms with Crippen molar-refractivity contribution >= 4 is 22.9 Å².